The summed E-state index contributed by atoms with van der Waals surface area (Å²) >= 11 is 5.87. The molecule has 6 heteroatoms. The van der Waals surface area contributed by atoms with Gasteiger partial charge in [-0.1, -0.05) is 36.7 Å². The molecule has 0 amide bonds. The third kappa shape index (κ3) is 2.63. The van der Waals surface area contributed by atoms with Crippen molar-refractivity contribution in [3.05, 3.63) is 61.4 Å². The van der Waals surface area contributed by atoms with Gasteiger partial charge in [-0.3, -0.25) is 14.3 Å². The van der Waals surface area contributed by atoms with Crippen LogP contribution in [0.2, 0.25) is 5.15 Å². The van der Waals surface area contributed by atoms with E-state index in [4.69, 9.17) is 16.3 Å². The molecule has 106 valence electrons. The van der Waals surface area contributed by atoms with Crippen LogP contribution >= 0.6 is 11.6 Å². The Bertz CT molecular complexity index is 734. The van der Waals surface area contributed by atoms with Crippen LogP contribution < -0.4 is 16.0 Å². The molecule has 1 heterocycles. The quantitative estimate of drug-likeness (QED) is 0.875. The fraction of sp³-hybridized carbons (Fsp3) is 0.286. The molecule has 2 aromatic rings. The summed E-state index contributed by atoms with van der Waals surface area (Å²) in [6.45, 7) is 1.96. The van der Waals surface area contributed by atoms with Gasteiger partial charge in [-0.05, 0) is 12.5 Å². The minimum atomic E-state index is -0.525. The van der Waals surface area contributed by atoms with Gasteiger partial charge < -0.3 is 4.74 Å². The maximum Gasteiger partial charge on any atom is 0.329 e. The lowest BCUT2D eigenvalue weighted by Crippen LogP contribution is -2.37. The van der Waals surface area contributed by atoms with Crippen molar-refractivity contribution in [2.24, 2.45) is 0 Å². The van der Waals surface area contributed by atoms with Gasteiger partial charge in [0.1, 0.15) is 10.9 Å². The predicted octanol–water partition coefficient (Wildman–Crippen LogP) is 1.81. The molecule has 1 aromatic carbocycles. The molecule has 1 aromatic heterocycles. The first-order valence-corrected chi connectivity index (χ1v) is 6.59. The van der Waals surface area contributed by atoms with Gasteiger partial charge in [0.05, 0.1) is 19.2 Å². The number of methoxy groups -OCH3 is 1. The summed E-state index contributed by atoms with van der Waals surface area (Å²) in [6.07, 6.45) is 0.459. The molecule has 1 N–H and O–H groups in total. The van der Waals surface area contributed by atoms with Crippen molar-refractivity contribution < 1.29 is 4.74 Å². The van der Waals surface area contributed by atoms with E-state index in [0.717, 1.165) is 10.1 Å². The van der Waals surface area contributed by atoms with E-state index in [-0.39, 0.29) is 17.3 Å². The molecule has 0 aliphatic heterocycles. The number of para-hydroxylation sites is 1. The van der Waals surface area contributed by atoms with Gasteiger partial charge >= 0.3 is 5.69 Å². The summed E-state index contributed by atoms with van der Waals surface area (Å²) in [5, 5.41) is 0.110. The van der Waals surface area contributed by atoms with Gasteiger partial charge in [0, 0.05) is 5.56 Å². The molecule has 0 atom stereocenters. The summed E-state index contributed by atoms with van der Waals surface area (Å²) in [4.78, 5) is 26.7. The number of H-pyrrole nitrogens is 1. The molecule has 5 nitrogen and oxygen atoms in total. The lowest BCUT2D eigenvalue weighted by atomic mass is 10.2. The lowest BCUT2D eigenvalue weighted by Gasteiger charge is -2.11. The zero-order chi connectivity index (χ0) is 14.7. The van der Waals surface area contributed by atoms with Crippen LogP contribution in [-0.4, -0.2) is 16.7 Å². The number of hydrogen-bond acceptors (Lipinski definition) is 3. The summed E-state index contributed by atoms with van der Waals surface area (Å²) < 4.78 is 6.35. The predicted molar refractivity (Wildman–Crippen MR) is 77.8 cm³/mol. The number of benzene rings is 1. The van der Waals surface area contributed by atoms with Gasteiger partial charge in [-0.25, -0.2) is 4.79 Å². The van der Waals surface area contributed by atoms with Gasteiger partial charge in [0.25, 0.3) is 5.56 Å². The number of aromatic amines is 1. The zero-order valence-corrected chi connectivity index (χ0v) is 12.0. The molecular weight excluding hydrogens is 280 g/mol. The largest absolute Gasteiger partial charge is 0.496 e. The Labute approximate surface area is 120 Å². The maximum absolute atomic E-state index is 12.3. The molecule has 0 radical (unpaired) electrons. The van der Waals surface area contributed by atoms with Gasteiger partial charge in [-0.15, -0.1) is 0 Å². The van der Waals surface area contributed by atoms with Gasteiger partial charge in [0.15, 0.2) is 0 Å². The maximum atomic E-state index is 12.3. The number of nitrogens with zero attached hydrogens (tertiary/aromatic N) is 1. The Kier molecular flexibility index (Phi) is 4.29. The molecule has 20 heavy (non-hydrogen) atoms. The monoisotopic (exact) mass is 294 g/mol. The second kappa shape index (κ2) is 5.96. The lowest BCUT2D eigenvalue weighted by molar-refractivity contribution is 0.407. The van der Waals surface area contributed by atoms with E-state index < -0.39 is 5.69 Å². The van der Waals surface area contributed by atoms with E-state index in [9.17, 15) is 9.59 Å². The number of halogens is 1. The third-order valence-corrected chi connectivity index (χ3v) is 3.43. The van der Waals surface area contributed by atoms with Crippen molar-refractivity contribution in [2.75, 3.05) is 7.11 Å². The topological polar surface area (TPSA) is 64.1 Å². The molecular formula is C14H15ClN2O3. The number of aromatic nitrogens is 2. The highest BCUT2D eigenvalue weighted by molar-refractivity contribution is 6.30. The van der Waals surface area contributed by atoms with Crippen molar-refractivity contribution in [3.8, 4) is 5.75 Å². The smallest absolute Gasteiger partial charge is 0.329 e. The van der Waals surface area contributed by atoms with Crippen LogP contribution in [-0.2, 0) is 13.0 Å². The molecule has 0 unspecified atom stereocenters. The van der Waals surface area contributed by atoms with E-state index in [2.05, 4.69) is 4.98 Å². The first-order valence-electron chi connectivity index (χ1n) is 6.21. The van der Waals surface area contributed by atoms with E-state index in [1.54, 1.807) is 13.2 Å². The van der Waals surface area contributed by atoms with Crippen molar-refractivity contribution in [2.45, 2.75) is 19.9 Å². The van der Waals surface area contributed by atoms with Crippen LogP contribution in [0.1, 0.15) is 18.1 Å². The Morgan fingerprint density at radius 1 is 1.30 bits per heavy atom. The Morgan fingerprint density at radius 3 is 2.65 bits per heavy atom. The molecule has 0 aliphatic rings. The van der Waals surface area contributed by atoms with Crippen molar-refractivity contribution in [1.29, 1.82) is 0 Å². The molecule has 0 fully saturated rings. The molecule has 0 saturated heterocycles. The number of ether oxygens (including phenoxy) is 1. The highest BCUT2D eigenvalue weighted by atomic mass is 35.5. The highest BCUT2D eigenvalue weighted by Crippen LogP contribution is 2.17. The average Bonchev–Trinajstić information content (AvgIpc) is 2.44. The molecule has 0 aliphatic carbocycles. The average molecular weight is 295 g/mol. The Morgan fingerprint density at radius 2 is 2.00 bits per heavy atom. The van der Waals surface area contributed by atoms with E-state index in [1.165, 1.54) is 0 Å². The minimum Gasteiger partial charge on any atom is -0.496 e. The van der Waals surface area contributed by atoms with Gasteiger partial charge in [-0.2, -0.15) is 0 Å². The summed E-state index contributed by atoms with van der Waals surface area (Å²) in [7, 11) is 1.55. The first-order chi connectivity index (χ1) is 9.58. The van der Waals surface area contributed by atoms with Crippen LogP contribution in [0.25, 0.3) is 0 Å². The Hall–Kier alpha value is -2.01. The minimum absolute atomic E-state index is 0.110. The molecule has 0 bridgehead atoms. The number of hydrogen-bond donors (Lipinski definition) is 1. The zero-order valence-electron chi connectivity index (χ0n) is 11.3. The second-order valence-corrected chi connectivity index (χ2v) is 4.66. The standard InChI is InChI=1S/C14H15ClN2O3/c1-3-10-12(15)16-14(19)17(13(10)18)8-9-6-4-5-7-11(9)20-2/h4-7H,3,8H2,1-2H3,(H,16,19). The van der Waals surface area contributed by atoms with Crippen LogP contribution in [0.4, 0.5) is 0 Å². The van der Waals surface area contributed by atoms with Crippen LogP contribution in [0.3, 0.4) is 0 Å². The van der Waals surface area contributed by atoms with Crippen molar-refractivity contribution >= 4 is 11.6 Å². The van der Waals surface area contributed by atoms with Crippen LogP contribution in [0, 0.1) is 0 Å². The third-order valence-electron chi connectivity index (χ3n) is 3.10. The van der Waals surface area contributed by atoms with E-state index in [0.29, 0.717) is 17.7 Å². The van der Waals surface area contributed by atoms with Crippen LogP contribution in [0.15, 0.2) is 33.9 Å². The van der Waals surface area contributed by atoms with Crippen LogP contribution in [0.5, 0.6) is 5.75 Å². The van der Waals surface area contributed by atoms with E-state index >= 15 is 0 Å². The fourth-order valence-electron chi connectivity index (χ4n) is 2.04. The summed E-state index contributed by atoms with van der Waals surface area (Å²) in [6, 6.07) is 7.25. The SMILES string of the molecule is CCc1c(Cl)[nH]c(=O)n(Cc2ccccc2OC)c1=O. The summed E-state index contributed by atoms with van der Waals surface area (Å²) in [5.74, 6) is 0.631. The molecule has 2 rings (SSSR count). The molecule has 0 saturated carbocycles. The van der Waals surface area contributed by atoms with Crippen molar-refractivity contribution in [3.63, 3.8) is 0 Å². The summed E-state index contributed by atoms with van der Waals surface area (Å²) in [5.41, 5.74) is 0.267. The Balaban J connectivity index is 2.55. The fourth-order valence-corrected chi connectivity index (χ4v) is 2.34. The molecule has 0 spiro atoms. The number of rotatable bonds is 4. The second-order valence-electron chi connectivity index (χ2n) is 4.28. The van der Waals surface area contributed by atoms with Gasteiger partial charge in [0.2, 0.25) is 0 Å². The highest BCUT2D eigenvalue weighted by Gasteiger charge is 2.12. The first kappa shape index (κ1) is 14.4. The number of nitrogens with one attached hydrogen (secondary N) is 1. The van der Waals surface area contributed by atoms with E-state index in [1.807, 2.05) is 25.1 Å². The normalized spacial score (nSPS) is 10.6. The van der Waals surface area contributed by atoms with Crippen molar-refractivity contribution in [1.82, 2.24) is 9.55 Å².